The van der Waals surface area contributed by atoms with Crippen LogP contribution in [0.25, 0.3) is 0 Å². The summed E-state index contributed by atoms with van der Waals surface area (Å²) in [6, 6.07) is 13.0. The highest BCUT2D eigenvalue weighted by molar-refractivity contribution is 5.99. The number of fused-ring (bicyclic) bond motifs is 1. The van der Waals surface area contributed by atoms with Crippen LogP contribution in [0.2, 0.25) is 0 Å². The molecule has 0 atom stereocenters. The smallest absolute Gasteiger partial charge is 0.419 e. The molecule has 5 heteroatoms. The maximum Gasteiger partial charge on any atom is 0.419 e. The number of carbonyl (C=O) groups excluding carboxylic acids is 1. The number of benzene rings is 2. The van der Waals surface area contributed by atoms with Crippen LogP contribution in [0.3, 0.4) is 0 Å². The zero-order valence-electron chi connectivity index (χ0n) is 12.1. The predicted molar refractivity (Wildman–Crippen MR) is 79.2 cm³/mol. The molecule has 0 unspecified atom stereocenters. The largest absolute Gasteiger partial charge is 0.438 e. The van der Waals surface area contributed by atoms with Crippen molar-refractivity contribution < 1.29 is 13.9 Å². The number of nitriles is 1. The number of anilines is 2. The second-order valence-electron chi connectivity index (χ2n) is 5.51. The van der Waals surface area contributed by atoms with Gasteiger partial charge in [0.25, 0.3) is 0 Å². The molecule has 0 spiro atoms. The van der Waals surface area contributed by atoms with Crippen LogP contribution in [0.1, 0.15) is 25.0 Å². The molecule has 1 amide bonds. The Morgan fingerprint density at radius 1 is 1.18 bits per heavy atom. The Morgan fingerprint density at radius 2 is 1.91 bits per heavy atom. The molecule has 0 radical (unpaired) electrons. The summed E-state index contributed by atoms with van der Waals surface area (Å²) in [6.45, 7) is 3.56. The van der Waals surface area contributed by atoms with Crippen LogP contribution in [-0.2, 0) is 10.3 Å². The summed E-state index contributed by atoms with van der Waals surface area (Å²) in [4.78, 5) is 13.5. The molecule has 1 aliphatic rings. The van der Waals surface area contributed by atoms with E-state index in [1.54, 1.807) is 26.0 Å². The molecule has 0 aliphatic carbocycles. The Morgan fingerprint density at radius 3 is 2.64 bits per heavy atom. The highest BCUT2D eigenvalue weighted by atomic mass is 19.1. The zero-order valence-corrected chi connectivity index (χ0v) is 12.1. The minimum Gasteiger partial charge on any atom is -0.438 e. The summed E-state index contributed by atoms with van der Waals surface area (Å²) in [7, 11) is 0. The van der Waals surface area contributed by atoms with Gasteiger partial charge in [-0.05, 0) is 38.1 Å². The van der Waals surface area contributed by atoms with Crippen molar-refractivity contribution in [2.45, 2.75) is 19.4 Å². The Balaban J connectivity index is 2.24. The van der Waals surface area contributed by atoms with Crippen LogP contribution in [0.15, 0.2) is 42.5 Å². The van der Waals surface area contributed by atoms with Gasteiger partial charge in [-0.2, -0.15) is 5.26 Å². The molecule has 0 fully saturated rings. The van der Waals surface area contributed by atoms with Crippen molar-refractivity contribution in [3.8, 4) is 6.07 Å². The van der Waals surface area contributed by atoms with Crippen molar-refractivity contribution in [2.24, 2.45) is 0 Å². The van der Waals surface area contributed by atoms with Gasteiger partial charge in [-0.1, -0.05) is 18.2 Å². The van der Waals surface area contributed by atoms with Gasteiger partial charge in [0.05, 0.1) is 23.0 Å². The maximum absolute atomic E-state index is 14.2. The average Bonchev–Trinajstić information content (AvgIpc) is 2.48. The first-order valence-corrected chi connectivity index (χ1v) is 6.76. The van der Waals surface area contributed by atoms with Crippen molar-refractivity contribution in [2.75, 3.05) is 4.90 Å². The van der Waals surface area contributed by atoms with E-state index in [9.17, 15) is 9.18 Å². The standard InChI is InChI=1S/C17H13FN2O2/c1-17(2)12-5-3-4-6-14(12)20(16(21)22-17)15-9-11(10-19)7-8-13(15)18/h3-9H,1-2H3. The lowest BCUT2D eigenvalue weighted by molar-refractivity contribution is 0.0372. The second kappa shape index (κ2) is 4.85. The highest BCUT2D eigenvalue weighted by Gasteiger charge is 2.39. The number of nitrogens with zero attached hydrogens (tertiary/aromatic N) is 2. The Kier molecular flexibility index (Phi) is 3.10. The number of rotatable bonds is 1. The van der Waals surface area contributed by atoms with Gasteiger partial charge in [-0.15, -0.1) is 0 Å². The highest BCUT2D eigenvalue weighted by Crippen LogP contribution is 2.42. The third-order valence-corrected chi connectivity index (χ3v) is 3.63. The summed E-state index contributed by atoms with van der Waals surface area (Å²) in [5.41, 5.74) is 0.806. The third-order valence-electron chi connectivity index (χ3n) is 3.63. The van der Waals surface area contributed by atoms with Crippen molar-refractivity contribution in [3.05, 3.63) is 59.4 Å². The third kappa shape index (κ3) is 2.09. The molecule has 1 heterocycles. The van der Waals surface area contributed by atoms with E-state index in [0.717, 1.165) is 10.5 Å². The van der Waals surface area contributed by atoms with Gasteiger partial charge in [0.1, 0.15) is 11.4 Å². The van der Waals surface area contributed by atoms with E-state index in [0.29, 0.717) is 5.69 Å². The lowest BCUT2D eigenvalue weighted by atomic mass is 9.94. The van der Waals surface area contributed by atoms with Crippen molar-refractivity contribution in [1.29, 1.82) is 5.26 Å². The first kappa shape index (κ1) is 14.1. The molecule has 3 rings (SSSR count). The first-order valence-electron chi connectivity index (χ1n) is 6.76. The molecule has 1 aliphatic heterocycles. The molecule has 2 aromatic carbocycles. The molecular weight excluding hydrogens is 283 g/mol. The van der Waals surface area contributed by atoms with E-state index >= 15 is 0 Å². The number of cyclic esters (lactones) is 1. The Bertz CT molecular complexity index is 809. The van der Waals surface area contributed by atoms with Gasteiger partial charge in [-0.25, -0.2) is 14.1 Å². The van der Waals surface area contributed by atoms with E-state index in [1.165, 1.54) is 18.2 Å². The topological polar surface area (TPSA) is 53.3 Å². The normalized spacial score (nSPS) is 15.7. The summed E-state index contributed by atoms with van der Waals surface area (Å²) in [5.74, 6) is -0.592. The fourth-order valence-corrected chi connectivity index (χ4v) is 2.58. The molecule has 0 bridgehead atoms. The lowest BCUT2D eigenvalue weighted by Crippen LogP contribution is -2.41. The summed E-state index contributed by atoms with van der Waals surface area (Å²) in [6.07, 6.45) is -0.669. The van der Waals surface area contributed by atoms with Crippen LogP contribution in [0.5, 0.6) is 0 Å². The minimum atomic E-state index is -0.798. The van der Waals surface area contributed by atoms with Gasteiger partial charge < -0.3 is 4.74 Å². The number of para-hydroxylation sites is 1. The van der Waals surface area contributed by atoms with E-state index in [2.05, 4.69) is 0 Å². The number of halogens is 1. The first-order chi connectivity index (χ1) is 10.4. The van der Waals surface area contributed by atoms with Gasteiger partial charge in [-0.3, -0.25) is 0 Å². The predicted octanol–water partition coefficient (Wildman–Crippen LogP) is 4.22. The minimum absolute atomic E-state index is 0.00648. The average molecular weight is 296 g/mol. The van der Waals surface area contributed by atoms with Crippen molar-refractivity contribution >= 4 is 17.5 Å². The van der Waals surface area contributed by atoms with Crippen LogP contribution >= 0.6 is 0 Å². The lowest BCUT2D eigenvalue weighted by Gasteiger charge is -2.38. The van der Waals surface area contributed by atoms with Crippen LogP contribution in [0, 0.1) is 17.1 Å². The number of hydrogen-bond acceptors (Lipinski definition) is 3. The van der Waals surface area contributed by atoms with Gasteiger partial charge >= 0.3 is 6.09 Å². The summed E-state index contributed by atoms with van der Waals surface area (Å²) < 4.78 is 19.6. The van der Waals surface area contributed by atoms with Gasteiger partial charge in [0.2, 0.25) is 0 Å². The van der Waals surface area contributed by atoms with Gasteiger partial charge in [0, 0.05) is 5.56 Å². The molecular formula is C17H13FN2O2. The van der Waals surface area contributed by atoms with Crippen molar-refractivity contribution in [1.82, 2.24) is 0 Å². The number of carbonyl (C=O) groups is 1. The summed E-state index contributed by atoms with van der Waals surface area (Å²) in [5, 5.41) is 8.99. The molecule has 0 saturated heterocycles. The fraction of sp³-hybridized carbons (Fsp3) is 0.176. The molecule has 0 aromatic heterocycles. The van der Waals surface area contributed by atoms with Crippen molar-refractivity contribution in [3.63, 3.8) is 0 Å². The number of amides is 1. The van der Waals surface area contributed by atoms with E-state index < -0.39 is 17.5 Å². The van der Waals surface area contributed by atoms with E-state index in [-0.39, 0.29) is 11.3 Å². The SMILES string of the molecule is CC1(C)OC(=O)N(c2cc(C#N)ccc2F)c2ccccc21. The Hall–Kier alpha value is -2.87. The maximum atomic E-state index is 14.2. The van der Waals surface area contributed by atoms with Crippen LogP contribution in [-0.4, -0.2) is 6.09 Å². The quantitative estimate of drug-likeness (QED) is 0.791. The number of hydrogen-bond donors (Lipinski definition) is 0. The fourth-order valence-electron chi connectivity index (χ4n) is 2.58. The van der Waals surface area contributed by atoms with Crippen LogP contribution in [0.4, 0.5) is 20.6 Å². The molecule has 0 N–H and O–H groups in total. The monoisotopic (exact) mass is 296 g/mol. The Labute approximate surface area is 127 Å². The second-order valence-corrected chi connectivity index (χ2v) is 5.51. The van der Waals surface area contributed by atoms with E-state index in [4.69, 9.17) is 10.00 Å². The summed E-state index contributed by atoms with van der Waals surface area (Å²) >= 11 is 0. The molecule has 110 valence electrons. The van der Waals surface area contributed by atoms with Gasteiger partial charge in [0.15, 0.2) is 0 Å². The molecule has 4 nitrogen and oxygen atoms in total. The molecule has 2 aromatic rings. The van der Waals surface area contributed by atoms with E-state index in [1.807, 2.05) is 18.2 Å². The van der Waals surface area contributed by atoms with Crippen LogP contribution < -0.4 is 4.90 Å². The molecule has 22 heavy (non-hydrogen) atoms. The molecule has 0 saturated carbocycles. The zero-order chi connectivity index (χ0) is 15.9. The number of ether oxygens (including phenoxy) is 1.